The minimum Gasteiger partial charge on any atom is -0.367 e. The lowest BCUT2D eigenvalue weighted by Gasteiger charge is -2.09. The standard InChI is InChI=1S/C15H15BrN4O/c1-9-2-5-12(11(16)6-9)20-15(21)13-7-14(18-8-17-13)19-10-3-4-10/h2,5-8,10H,3-4H2,1H3,(H,20,21)(H,17,18,19). The van der Waals surface area contributed by atoms with Crippen molar-refractivity contribution in [2.45, 2.75) is 25.8 Å². The molecule has 2 N–H and O–H groups in total. The number of hydrogen-bond donors (Lipinski definition) is 2. The molecule has 1 aromatic heterocycles. The maximum absolute atomic E-state index is 12.3. The highest BCUT2D eigenvalue weighted by molar-refractivity contribution is 9.10. The average molecular weight is 347 g/mol. The van der Waals surface area contributed by atoms with Gasteiger partial charge in [0.1, 0.15) is 17.8 Å². The predicted molar refractivity (Wildman–Crippen MR) is 85.5 cm³/mol. The van der Waals surface area contributed by atoms with Crippen LogP contribution in [0.25, 0.3) is 0 Å². The van der Waals surface area contributed by atoms with Crippen molar-refractivity contribution in [2.24, 2.45) is 0 Å². The molecule has 0 radical (unpaired) electrons. The molecule has 1 aliphatic rings. The van der Waals surface area contributed by atoms with Gasteiger partial charge in [0.2, 0.25) is 0 Å². The highest BCUT2D eigenvalue weighted by atomic mass is 79.9. The van der Waals surface area contributed by atoms with Gasteiger partial charge in [-0.05, 0) is 53.4 Å². The van der Waals surface area contributed by atoms with Crippen LogP contribution in [-0.4, -0.2) is 21.9 Å². The maximum Gasteiger partial charge on any atom is 0.274 e. The van der Waals surface area contributed by atoms with Gasteiger partial charge in [0.25, 0.3) is 5.91 Å². The highest BCUT2D eigenvalue weighted by Crippen LogP contribution is 2.25. The molecule has 1 fully saturated rings. The first kappa shape index (κ1) is 14.0. The summed E-state index contributed by atoms with van der Waals surface area (Å²) >= 11 is 3.44. The second-order valence-corrected chi connectivity index (χ2v) is 6.00. The number of hydrogen-bond acceptors (Lipinski definition) is 4. The zero-order chi connectivity index (χ0) is 14.8. The summed E-state index contributed by atoms with van der Waals surface area (Å²) < 4.78 is 0.848. The van der Waals surface area contributed by atoms with Gasteiger partial charge in [0.05, 0.1) is 5.69 Å². The van der Waals surface area contributed by atoms with Crippen molar-refractivity contribution in [3.05, 3.63) is 46.3 Å². The second-order valence-electron chi connectivity index (χ2n) is 5.14. The van der Waals surface area contributed by atoms with E-state index in [-0.39, 0.29) is 5.91 Å². The molecule has 108 valence electrons. The van der Waals surface area contributed by atoms with Gasteiger partial charge in [-0.15, -0.1) is 0 Å². The van der Waals surface area contributed by atoms with Crippen LogP contribution in [0.1, 0.15) is 28.9 Å². The van der Waals surface area contributed by atoms with Gasteiger partial charge in [-0.3, -0.25) is 4.79 Å². The van der Waals surface area contributed by atoms with Crippen molar-refractivity contribution in [3.8, 4) is 0 Å². The van der Waals surface area contributed by atoms with Crippen molar-refractivity contribution in [3.63, 3.8) is 0 Å². The van der Waals surface area contributed by atoms with Crippen LogP contribution in [0.4, 0.5) is 11.5 Å². The summed E-state index contributed by atoms with van der Waals surface area (Å²) in [5, 5.41) is 6.10. The van der Waals surface area contributed by atoms with E-state index in [1.54, 1.807) is 6.07 Å². The van der Waals surface area contributed by atoms with Crippen LogP contribution in [-0.2, 0) is 0 Å². The van der Waals surface area contributed by atoms with Gasteiger partial charge < -0.3 is 10.6 Å². The van der Waals surface area contributed by atoms with Gasteiger partial charge in [-0.25, -0.2) is 9.97 Å². The van der Waals surface area contributed by atoms with Crippen LogP contribution in [0.3, 0.4) is 0 Å². The number of amides is 1. The van der Waals surface area contributed by atoms with E-state index in [2.05, 4.69) is 36.5 Å². The maximum atomic E-state index is 12.3. The fourth-order valence-corrected chi connectivity index (χ4v) is 2.50. The van der Waals surface area contributed by atoms with Crippen LogP contribution in [0.2, 0.25) is 0 Å². The highest BCUT2D eigenvalue weighted by Gasteiger charge is 2.21. The molecule has 1 heterocycles. The minimum absolute atomic E-state index is 0.249. The summed E-state index contributed by atoms with van der Waals surface area (Å²) in [6, 6.07) is 7.93. The molecular formula is C15H15BrN4O. The third-order valence-corrected chi connectivity index (χ3v) is 3.86. The smallest absolute Gasteiger partial charge is 0.274 e. The Balaban J connectivity index is 1.75. The Kier molecular flexibility index (Phi) is 3.88. The summed E-state index contributed by atoms with van der Waals surface area (Å²) in [5.74, 6) is 0.446. The lowest BCUT2D eigenvalue weighted by Crippen LogP contribution is -2.15. The largest absolute Gasteiger partial charge is 0.367 e. The number of benzene rings is 1. The van der Waals surface area contributed by atoms with Gasteiger partial charge >= 0.3 is 0 Å². The first-order chi connectivity index (χ1) is 10.1. The molecule has 2 aromatic rings. The summed E-state index contributed by atoms with van der Waals surface area (Å²) in [7, 11) is 0. The van der Waals surface area contributed by atoms with Gasteiger partial charge in [0, 0.05) is 16.6 Å². The minimum atomic E-state index is -0.249. The van der Waals surface area contributed by atoms with E-state index >= 15 is 0 Å². The van der Waals surface area contributed by atoms with Crippen molar-refractivity contribution in [1.29, 1.82) is 0 Å². The molecular weight excluding hydrogens is 332 g/mol. The first-order valence-corrected chi connectivity index (χ1v) is 7.57. The van der Waals surface area contributed by atoms with Gasteiger partial charge in [-0.1, -0.05) is 6.07 Å². The third-order valence-electron chi connectivity index (χ3n) is 3.20. The van der Waals surface area contributed by atoms with Crippen LogP contribution in [0.5, 0.6) is 0 Å². The monoisotopic (exact) mass is 346 g/mol. The quantitative estimate of drug-likeness (QED) is 0.890. The zero-order valence-corrected chi connectivity index (χ0v) is 13.1. The molecule has 6 heteroatoms. The normalized spacial score (nSPS) is 13.8. The SMILES string of the molecule is Cc1ccc(NC(=O)c2cc(NC3CC3)ncn2)c(Br)c1. The fraction of sp³-hybridized carbons (Fsp3) is 0.267. The lowest BCUT2D eigenvalue weighted by atomic mass is 10.2. The van der Waals surface area contributed by atoms with Crippen molar-refractivity contribution >= 4 is 33.3 Å². The Hall–Kier alpha value is -1.95. The Morgan fingerprint density at radius 3 is 2.81 bits per heavy atom. The third kappa shape index (κ3) is 3.58. The number of halogens is 1. The molecule has 3 rings (SSSR count). The molecule has 21 heavy (non-hydrogen) atoms. The molecule has 0 aliphatic heterocycles. The summed E-state index contributed by atoms with van der Waals surface area (Å²) in [6.07, 6.45) is 3.72. The fourth-order valence-electron chi connectivity index (χ4n) is 1.91. The summed E-state index contributed by atoms with van der Waals surface area (Å²) in [5.41, 5.74) is 2.19. The number of nitrogens with one attached hydrogen (secondary N) is 2. The average Bonchev–Trinajstić information content (AvgIpc) is 3.26. The second kappa shape index (κ2) is 5.81. The Labute approximate surface area is 131 Å². The van der Waals surface area contributed by atoms with E-state index in [4.69, 9.17) is 0 Å². The van der Waals surface area contributed by atoms with E-state index in [0.29, 0.717) is 17.6 Å². The Morgan fingerprint density at radius 1 is 1.29 bits per heavy atom. The van der Waals surface area contributed by atoms with E-state index in [0.717, 1.165) is 28.6 Å². The van der Waals surface area contributed by atoms with E-state index in [9.17, 15) is 4.79 Å². The van der Waals surface area contributed by atoms with Crippen molar-refractivity contribution < 1.29 is 4.79 Å². The molecule has 0 saturated heterocycles. The van der Waals surface area contributed by atoms with Crippen LogP contribution >= 0.6 is 15.9 Å². The number of rotatable bonds is 4. The van der Waals surface area contributed by atoms with E-state index in [1.807, 2.05) is 25.1 Å². The van der Waals surface area contributed by atoms with E-state index < -0.39 is 0 Å². The van der Waals surface area contributed by atoms with Crippen LogP contribution in [0.15, 0.2) is 35.1 Å². The molecule has 0 spiro atoms. The van der Waals surface area contributed by atoms with Gasteiger partial charge in [-0.2, -0.15) is 0 Å². The van der Waals surface area contributed by atoms with Crippen molar-refractivity contribution in [1.82, 2.24) is 9.97 Å². The molecule has 0 atom stereocenters. The molecule has 1 amide bonds. The Bertz CT molecular complexity index is 685. The molecule has 1 aromatic carbocycles. The number of aromatic nitrogens is 2. The Morgan fingerprint density at radius 2 is 2.10 bits per heavy atom. The number of carbonyl (C=O) groups is 1. The first-order valence-electron chi connectivity index (χ1n) is 6.78. The number of carbonyl (C=O) groups excluding carboxylic acids is 1. The number of anilines is 2. The van der Waals surface area contributed by atoms with Gasteiger partial charge in [0.15, 0.2) is 0 Å². The van der Waals surface area contributed by atoms with Crippen LogP contribution in [0, 0.1) is 6.92 Å². The molecule has 0 unspecified atom stereocenters. The lowest BCUT2D eigenvalue weighted by molar-refractivity contribution is 0.102. The molecule has 5 nitrogen and oxygen atoms in total. The topological polar surface area (TPSA) is 66.9 Å². The molecule has 1 aliphatic carbocycles. The van der Waals surface area contributed by atoms with E-state index in [1.165, 1.54) is 6.33 Å². The van der Waals surface area contributed by atoms with Crippen molar-refractivity contribution in [2.75, 3.05) is 10.6 Å². The zero-order valence-electron chi connectivity index (χ0n) is 11.6. The summed E-state index contributed by atoms with van der Waals surface area (Å²) in [6.45, 7) is 2.00. The van der Waals surface area contributed by atoms with Crippen LogP contribution < -0.4 is 10.6 Å². The molecule has 1 saturated carbocycles. The number of aryl methyl sites for hydroxylation is 1. The summed E-state index contributed by atoms with van der Waals surface area (Å²) in [4.78, 5) is 20.4. The number of nitrogens with zero attached hydrogens (tertiary/aromatic N) is 2. The molecule has 0 bridgehead atoms. The predicted octanol–water partition coefficient (Wildman–Crippen LogP) is 3.37.